The molecule has 2 aromatic heterocycles. The van der Waals surface area contributed by atoms with Gasteiger partial charge in [0, 0.05) is 36.7 Å². The molecule has 206 valence electrons. The van der Waals surface area contributed by atoms with Crippen molar-refractivity contribution in [3.8, 4) is 28.6 Å². The van der Waals surface area contributed by atoms with Crippen LogP contribution in [0.25, 0.3) is 22.8 Å². The highest BCUT2D eigenvalue weighted by atomic mass is 32.2. The highest BCUT2D eigenvalue weighted by Crippen LogP contribution is 2.29. The molecule has 0 N–H and O–H groups in total. The molecule has 0 atom stereocenters. The van der Waals surface area contributed by atoms with E-state index in [4.69, 9.17) is 4.52 Å². The van der Waals surface area contributed by atoms with Crippen molar-refractivity contribution in [2.24, 2.45) is 0 Å². The molecule has 1 fully saturated rings. The second kappa shape index (κ2) is 10.4. The molecule has 0 saturated carbocycles. The van der Waals surface area contributed by atoms with E-state index in [0.29, 0.717) is 61.1 Å². The molecule has 5 rings (SSSR count). The number of aryl methyl sites for hydroxylation is 1. The predicted molar refractivity (Wildman–Crippen MR) is 138 cm³/mol. The molecule has 9 nitrogen and oxygen atoms in total. The lowest BCUT2D eigenvalue weighted by atomic mass is 10.1. The Hall–Kier alpha value is -3.87. The number of halogens is 3. The van der Waals surface area contributed by atoms with Crippen LogP contribution in [0.1, 0.15) is 24.2 Å². The van der Waals surface area contributed by atoms with Gasteiger partial charge in [-0.1, -0.05) is 17.3 Å². The average Bonchev–Trinajstić information content (AvgIpc) is 3.51. The van der Waals surface area contributed by atoms with E-state index in [0.717, 1.165) is 11.3 Å². The summed E-state index contributed by atoms with van der Waals surface area (Å²) in [6, 6.07) is 15.0. The first kappa shape index (κ1) is 26.7. The summed E-state index contributed by atoms with van der Waals surface area (Å²) in [5, 5.41) is 8.28. The SMILES string of the molecule is Cc1nc(-c2cc(-c3ccc(OC(F)(F)F)cc3)no2)nn1Cc1cccc(N2CCC(S(C)(=O)=O)CC2)c1. The molecule has 0 amide bonds. The molecule has 1 aliphatic rings. The van der Waals surface area contributed by atoms with Gasteiger partial charge in [-0.25, -0.2) is 18.1 Å². The second-order valence-corrected chi connectivity index (χ2v) is 11.8. The zero-order valence-corrected chi connectivity index (χ0v) is 22.0. The summed E-state index contributed by atoms with van der Waals surface area (Å²) in [6.45, 7) is 3.65. The number of aromatic nitrogens is 4. The number of piperidine rings is 1. The first-order valence-electron chi connectivity index (χ1n) is 12.2. The van der Waals surface area contributed by atoms with Gasteiger partial charge >= 0.3 is 6.36 Å². The maximum atomic E-state index is 12.4. The summed E-state index contributed by atoms with van der Waals surface area (Å²) in [7, 11) is -3.03. The van der Waals surface area contributed by atoms with Gasteiger partial charge in [0.05, 0.1) is 11.8 Å². The quantitative estimate of drug-likeness (QED) is 0.315. The lowest BCUT2D eigenvalue weighted by molar-refractivity contribution is -0.274. The van der Waals surface area contributed by atoms with Crippen LogP contribution in [0.4, 0.5) is 18.9 Å². The van der Waals surface area contributed by atoms with Crippen molar-refractivity contribution in [2.45, 2.75) is 37.9 Å². The smallest absolute Gasteiger partial charge is 0.406 e. The maximum Gasteiger partial charge on any atom is 0.573 e. The van der Waals surface area contributed by atoms with Crippen LogP contribution in [0.5, 0.6) is 5.75 Å². The van der Waals surface area contributed by atoms with E-state index >= 15 is 0 Å². The van der Waals surface area contributed by atoms with Crippen molar-refractivity contribution in [1.82, 2.24) is 19.9 Å². The fourth-order valence-electron chi connectivity index (χ4n) is 4.58. The van der Waals surface area contributed by atoms with Crippen molar-refractivity contribution >= 4 is 15.5 Å². The van der Waals surface area contributed by atoms with Crippen LogP contribution < -0.4 is 9.64 Å². The van der Waals surface area contributed by atoms with Crippen molar-refractivity contribution in [1.29, 1.82) is 0 Å². The minimum Gasteiger partial charge on any atom is -0.406 e. The highest BCUT2D eigenvalue weighted by Gasteiger charge is 2.31. The van der Waals surface area contributed by atoms with Crippen LogP contribution in [0.15, 0.2) is 59.1 Å². The Morgan fingerprint density at radius 3 is 2.46 bits per heavy atom. The van der Waals surface area contributed by atoms with E-state index in [1.807, 2.05) is 25.1 Å². The van der Waals surface area contributed by atoms with Gasteiger partial charge in [-0.05, 0) is 61.7 Å². The second-order valence-electron chi connectivity index (χ2n) is 9.47. The Balaban J connectivity index is 1.27. The topological polar surface area (TPSA) is 103 Å². The lowest BCUT2D eigenvalue weighted by Gasteiger charge is -2.33. The summed E-state index contributed by atoms with van der Waals surface area (Å²) in [6.07, 6.45) is -2.24. The molecule has 0 radical (unpaired) electrons. The molecule has 0 aliphatic carbocycles. The molecular weight excluding hydrogens is 535 g/mol. The van der Waals surface area contributed by atoms with Gasteiger partial charge in [-0.3, -0.25) is 0 Å². The van der Waals surface area contributed by atoms with Crippen LogP contribution in [0, 0.1) is 6.92 Å². The number of benzene rings is 2. The fourth-order valence-corrected chi connectivity index (χ4v) is 5.65. The van der Waals surface area contributed by atoms with E-state index in [1.54, 1.807) is 10.7 Å². The Morgan fingerprint density at radius 2 is 1.79 bits per heavy atom. The normalized spacial score (nSPS) is 15.1. The number of hydrogen-bond acceptors (Lipinski definition) is 8. The fraction of sp³-hybridized carbons (Fsp3) is 0.346. The maximum absolute atomic E-state index is 12.4. The first-order chi connectivity index (χ1) is 18.4. The largest absolute Gasteiger partial charge is 0.573 e. The van der Waals surface area contributed by atoms with E-state index in [9.17, 15) is 21.6 Å². The third kappa shape index (κ3) is 6.41. The number of ether oxygens (including phenoxy) is 1. The lowest BCUT2D eigenvalue weighted by Crippen LogP contribution is -2.39. The molecule has 0 bridgehead atoms. The molecule has 4 aromatic rings. The first-order valence-corrected chi connectivity index (χ1v) is 14.2. The number of sulfone groups is 1. The van der Waals surface area contributed by atoms with Crippen molar-refractivity contribution < 1.29 is 30.8 Å². The molecule has 0 unspecified atom stereocenters. The Morgan fingerprint density at radius 1 is 1.08 bits per heavy atom. The van der Waals surface area contributed by atoms with Crippen LogP contribution in [-0.4, -0.2) is 59.3 Å². The van der Waals surface area contributed by atoms with Gasteiger partial charge in [0.15, 0.2) is 0 Å². The summed E-state index contributed by atoms with van der Waals surface area (Å²) in [5.41, 5.74) is 3.01. The number of hydrogen-bond donors (Lipinski definition) is 0. The van der Waals surface area contributed by atoms with E-state index < -0.39 is 16.2 Å². The number of rotatable bonds is 7. The van der Waals surface area contributed by atoms with Crippen LogP contribution in [0.3, 0.4) is 0 Å². The number of alkyl halides is 3. The van der Waals surface area contributed by atoms with E-state index in [-0.39, 0.29) is 11.0 Å². The van der Waals surface area contributed by atoms with Gasteiger partial charge in [0.2, 0.25) is 11.6 Å². The summed E-state index contributed by atoms with van der Waals surface area (Å²) < 4.78 is 72.0. The molecule has 39 heavy (non-hydrogen) atoms. The summed E-state index contributed by atoms with van der Waals surface area (Å²) in [4.78, 5) is 6.68. The van der Waals surface area contributed by atoms with Gasteiger partial charge < -0.3 is 14.2 Å². The molecule has 2 aromatic carbocycles. The van der Waals surface area contributed by atoms with Crippen LogP contribution >= 0.6 is 0 Å². The highest BCUT2D eigenvalue weighted by molar-refractivity contribution is 7.91. The van der Waals surface area contributed by atoms with Crippen molar-refractivity contribution in [3.05, 3.63) is 66.0 Å². The zero-order chi connectivity index (χ0) is 27.8. The molecule has 1 aliphatic heterocycles. The molecule has 1 saturated heterocycles. The van der Waals surface area contributed by atoms with Crippen LogP contribution in [-0.2, 0) is 16.4 Å². The Bertz CT molecular complexity index is 1560. The summed E-state index contributed by atoms with van der Waals surface area (Å²) >= 11 is 0. The van der Waals surface area contributed by atoms with Gasteiger partial charge in [-0.15, -0.1) is 18.3 Å². The minimum atomic E-state index is -4.76. The Kier molecular flexibility index (Phi) is 7.10. The molecule has 13 heteroatoms. The minimum absolute atomic E-state index is 0.285. The Labute approximate surface area is 223 Å². The predicted octanol–water partition coefficient (Wildman–Crippen LogP) is 4.87. The van der Waals surface area contributed by atoms with Gasteiger partial charge in [0.1, 0.15) is 27.1 Å². The molecule has 0 spiro atoms. The third-order valence-corrected chi connectivity index (χ3v) is 8.31. The summed E-state index contributed by atoms with van der Waals surface area (Å²) in [5.74, 6) is 0.997. The van der Waals surface area contributed by atoms with Crippen LogP contribution in [0.2, 0.25) is 0 Å². The molecule has 3 heterocycles. The molecular formula is C26H26F3N5O4S. The van der Waals surface area contributed by atoms with Gasteiger partial charge in [0.25, 0.3) is 0 Å². The average molecular weight is 562 g/mol. The monoisotopic (exact) mass is 561 g/mol. The third-order valence-electron chi connectivity index (χ3n) is 6.63. The standard InChI is InChI=1S/C26H26F3N5O4S/c1-17-30-25(24-15-23(32-38-24)19-6-8-21(9-7-19)37-26(27,28)29)31-34(17)16-18-4-3-5-20(14-18)33-12-10-22(11-13-33)39(2,35)36/h3-9,14-15,22H,10-13,16H2,1-2H3. The van der Waals surface area contributed by atoms with E-state index in [2.05, 4.69) is 30.9 Å². The zero-order valence-electron chi connectivity index (χ0n) is 21.2. The van der Waals surface area contributed by atoms with Crippen molar-refractivity contribution in [3.63, 3.8) is 0 Å². The number of anilines is 1. The number of nitrogens with zero attached hydrogens (tertiary/aromatic N) is 5. The van der Waals surface area contributed by atoms with Crippen molar-refractivity contribution in [2.75, 3.05) is 24.2 Å². The van der Waals surface area contributed by atoms with Gasteiger partial charge in [-0.2, -0.15) is 0 Å². The van der Waals surface area contributed by atoms with E-state index in [1.165, 1.54) is 30.5 Å².